The van der Waals surface area contributed by atoms with E-state index in [1.807, 2.05) is 72.0 Å². The summed E-state index contributed by atoms with van der Waals surface area (Å²) in [5.41, 5.74) is 2.35. The van der Waals surface area contributed by atoms with Crippen molar-refractivity contribution >= 4 is 45.8 Å². The zero-order valence-electron chi connectivity index (χ0n) is 19.9. The quantitative estimate of drug-likeness (QED) is 0.214. The second-order valence-corrected chi connectivity index (χ2v) is 10.7. The number of hydrogen-bond donors (Lipinski definition) is 2. The number of hydrogen-bond acceptors (Lipinski definition) is 6. The molecule has 2 aromatic carbocycles. The number of ether oxygens (including phenoxy) is 2. The smallest absolute Gasteiger partial charge is 0.137 e. The number of benzene rings is 2. The van der Waals surface area contributed by atoms with Gasteiger partial charge in [-0.2, -0.15) is 0 Å². The Bertz CT molecular complexity index is 1110. The Morgan fingerprint density at radius 2 is 1.77 bits per heavy atom. The molecule has 0 aliphatic rings. The predicted octanol–water partition coefficient (Wildman–Crippen LogP) is 5.05. The van der Waals surface area contributed by atoms with Gasteiger partial charge in [-0.05, 0) is 58.0 Å². The molecular weight excluding hydrogens is 604 g/mol. The second kappa shape index (κ2) is 12.6. The molecule has 2 N–H and O–H groups in total. The highest BCUT2D eigenvalue weighted by molar-refractivity contribution is 14.1. The molecule has 0 aliphatic carbocycles. The fourth-order valence-electron chi connectivity index (χ4n) is 3.41. The van der Waals surface area contributed by atoms with Gasteiger partial charge in [-0.3, -0.25) is 0 Å². The summed E-state index contributed by atoms with van der Waals surface area (Å²) >= 11 is 14.4. The van der Waals surface area contributed by atoms with E-state index in [4.69, 9.17) is 32.7 Å². The van der Waals surface area contributed by atoms with Crippen molar-refractivity contribution in [1.82, 2.24) is 15.0 Å². The van der Waals surface area contributed by atoms with E-state index in [0.717, 1.165) is 11.1 Å². The number of halogens is 3. The number of nitrogens with zero attached hydrogens (tertiary/aromatic N) is 3. The van der Waals surface area contributed by atoms with Gasteiger partial charge in [0.1, 0.15) is 33.6 Å². The number of aliphatic hydroxyl groups is 2. The molecule has 10 heteroatoms. The molecule has 1 aromatic heterocycles. The average molecular weight is 634 g/mol. The van der Waals surface area contributed by atoms with Crippen molar-refractivity contribution in [2.75, 3.05) is 19.1 Å². The van der Waals surface area contributed by atoms with Crippen LogP contribution in [0.1, 0.15) is 37.6 Å². The lowest BCUT2D eigenvalue weighted by molar-refractivity contribution is 0.0881. The Morgan fingerprint density at radius 1 is 1.09 bits per heavy atom. The first-order chi connectivity index (χ1) is 16.6. The summed E-state index contributed by atoms with van der Waals surface area (Å²) in [6, 6.07) is 13.7. The van der Waals surface area contributed by atoms with Crippen LogP contribution in [0.2, 0.25) is 5.02 Å². The lowest BCUT2D eigenvalue weighted by atomic mass is 9.78. The molecule has 2 atom stereocenters. The van der Waals surface area contributed by atoms with Gasteiger partial charge in [-0.1, -0.05) is 55.8 Å². The topological polar surface area (TPSA) is 89.6 Å². The molecule has 0 saturated heterocycles. The first-order valence-electron chi connectivity index (χ1n) is 11.2. The minimum Gasteiger partial charge on any atom is -0.492 e. The van der Waals surface area contributed by atoms with Crippen molar-refractivity contribution in [2.45, 2.75) is 45.4 Å². The molecule has 0 amide bonds. The largest absolute Gasteiger partial charge is 0.492 e. The third-order valence-electron chi connectivity index (χ3n) is 5.73. The van der Waals surface area contributed by atoms with Gasteiger partial charge in [0.25, 0.3) is 0 Å². The van der Waals surface area contributed by atoms with E-state index in [9.17, 15) is 10.2 Å². The monoisotopic (exact) mass is 633 g/mol. The molecule has 7 nitrogen and oxygen atoms in total. The van der Waals surface area contributed by atoms with Gasteiger partial charge < -0.3 is 19.7 Å². The minimum atomic E-state index is -0.775. The van der Waals surface area contributed by atoms with Crippen LogP contribution in [0.3, 0.4) is 0 Å². The standard InChI is InChI=1S/C25H30Cl2IN3O4/c1-16(11-26)14-35-23-9-6-18(10-21(23)27)25(2,3)17-4-7-20(8-5-17)34-15-19(33)12-31-24(28)22(13-32)29-30-31/h4-10,16,19,32-33H,11-15H2,1-3H3/t16-,19-/m0/s1. The normalized spacial score (nSPS) is 13.5. The maximum Gasteiger partial charge on any atom is 0.137 e. The molecule has 0 saturated carbocycles. The van der Waals surface area contributed by atoms with Crippen molar-refractivity contribution in [2.24, 2.45) is 5.92 Å². The molecule has 0 aliphatic heterocycles. The van der Waals surface area contributed by atoms with Crippen molar-refractivity contribution in [1.29, 1.82) is 0 Å². The van der Waals surface area contributed by atoms with Gasteiger partial charge in [0.15, 0.2) is 0 Å². The Morgan fingerprint density at radius 3 is 2.37 bits per heavy atom. The molecule has 0 radical (unpaired) electrons. The van der Waals surface area contributed by atoms with Crippen molar-refractivity contribution in [3.8, 4) is 11.5 Å². The van der Waals surface area contributed by atoms with Gasteiger partial charge in [0.2, 0.25) is 0 Å². The average Bonchev–Trinajstić information content (AvgIpc) is 3.20. The van der Waals surface area contributed by atoms with E-state index in [2.05, 4.69) is 24.2 Å². The van der Waals surface area contributed by atoms with Crippen molar-refractivity contribution in [3.63, 3.8) is 0 Å². The number of aliphatic hydroxyl groups excluding tert-OH is 2. The summed E-state index contributed by atoms with van der Waals surface area (Å²) in [7, 11) is 0. The van der Waals surface area contributed by atoms with Crippen LogP contribution in [0.25, 0.3) is 0 Å². The molecule has 35 heavy (non-hydrogen) atoms. The highest BCUT2D eigenvalue weighted by Gasteiger charge is 2.24. The fourth-order valence-corrected chi connectivity index (χ4v) is 4.31. The van der Waals surface area contributed by atoms with Crippen LogP contribution in [0, 0.1) is 9.62 Å². The Hall–Kier alpha value is -1.59. The Labute approximate surface area is 229 Å². The van der Waals surface area contributed by atoms with Crippen LogP contribution < -0.4 is 9.47 Å². The van der Waals surface area contributed by atoms with Crippen LogP contribution in [-0.2, 0) is 18.6 Å². The lowest BCUT2D eigenvalue weighted by Crippen LogP contribution is -2.25. The summed E-state index contributed by atoms with van der Waals surface area (Å²) in [6.07, 6.45) is -0.775. The summed E-state index contributed by atoms with van der Waals surface area (Å²) in [5, 5.41) is 27.9. The maximum atomic E-state index is 10.3. The summed E-state index contributed by atoms with van der Waals surface area (Å²) in [6.45, 7) is 6.95. The highest BCUT2D eigenvalue weighted by Crippen LogP contribution is 2.36. The molecule has 3 rings (SSSR count). The molecule has 0 fully saturated rings. The van der Waals surface area contributed by atoms with E-state index < -0.39 is 6.10 Å². The van der Waals surface area contributed by atoms with E-state index in [-0.39, 0.29) is 31.1 Å². The summed E-state index contributed by atoms with van der Waals surface area (Å²) in [5.74, 6) is 2.09. The third-order valence-corrected chi connectivity index (χ3v) is 7.73. The molecule has 0 unspecified atom stereocenters. The van der Waals surface area contributed by atoms with E-state index >= 15 is 0 Å². The zero-order valence-corrected chi connectivity index (χ0v) is 23.6. The summed E-state index contributed by atoms with van der Waals surface area (Å²) in [4.78, 5) is 0. The third kappa shape index (κ3) is 7.22. The number of rotatable bonds is 12. The van der Waals surface area contributed by atoms with Crippen molar-refractivity contribution in [3.05, 3.63) is 68.0 Å². The highest BCUT2D eigenvalue weighted by atomic mass is 127. The summed E-state index contributed by atoms with van der Waals surface area (Å²) < 4.78 is 13.8. The molecular formula is C25H30Cl2IN3O4. The first kappa shape index (κ1) is 28.0. The van der Waals surface area contributed by atoms with E-state index in [1.165, 1.54) is 0 Å². The van der Waals surface area contributed by atoms with E-state index in [1.54, 1.807) is 4.68 Å². The maximum absolute atomic E-state index is 10.3. The number of alkyl halides is 1. The predicted molar refractivity (Wildman–Crippen MR) is 146 cm³/mol. The van der Waals surface area contributed by atoms with Crippen LogP contribution in [-0.4, -0.2) is 50.4 Å². The zero-order chi connectivity index (χ0) is 25.6. The van der Waals surface area contributed by atoms with Crippen LogP contribution in [0.4, 0.5) is 0 Å². The van der Waals surface area contributed by atoms with Gasteiger partial charge in [-0.15, -0.1) is 16.7 Å². The van der Waals surface area contributed by atoms with E-state index in [0.29, 0.717) is 38.4 Å². The molecule has 0 spiro atoms. The molecule has 1 heterocycles. The van der Waals surface area contributed by atoms with Gasteiger partial charge >= 0.3 is 0 Å². The second-order valence-electron chi connectivity index (χ2n) is 9.00. The molecule has 190 valence electrons. The van der Waals surface area contributed by atoms with Crippen LogP contribution >= 0.6 is 45.8 Å². The number of aromatic nitrogens is 3. The Balaban J connectivity index is 1.60. The fraction of sp³-hybridized carbons (Fsp3) is 0.440. The minimum absolute atomic E-state index is 0.104. The van der Waals surface area contributed by atoms with Gasteiger partial charge in [0, 0.05) is 17.2 Å². The SMILES string of the molecule is C[C@@H](CCl)COc1ccc(C(C)(C)c2ccc(OC[C@@H](O)Cn3nnc(CO)c3I)cc2)cc1Cl. The van der Waals surface area contributed by atoms with Crippen LogP contribution in [0.15, 0.2) is 42.5 Å². The Kier molecular flexibility index (Phi) is 10.1. The first-order valence-corrected chi connectivity index (χ1v) is 13.2. The lowest BCUT2D eigenvalue weighted by Gasteiger charge is -2.27. The van der Waals surface area contributed by atoms with Gasteiger partial charge in [0.05, 0.1) is 24.8 Å². The van der Waals surface area contributed by atoms with Crippen LogP contribution in [0.5, 0.6) is 11.5 Å². The molecule has 0 bridgehead atoms. The van der Waals surface area contributed by atoms with Gasteiger partial charge in [-0.25, -0.2) is 4.68 Å². The van der Waals surface area contributed by atoms with Crippen molar-refractivity contribution < 1.29 is 19.7 Å². The molecule has 3 aromatic rings.